The molecule has 15 heavy (non-hydrogen) atoms. The molecule has 0 spiro atoms. The van der Waals surface area contributed by atoms with Gasteiger partial charge in [0, 0.05) is 26.2 Å². The molecule has 3 heteroatoms. The van der Waals surface area contributed by atoms with Crippen molar-refractivity contribution in [3.63, 3.8) is 0 Å². The van der Waals surface area contributed by atoms with E-state index >= 15 is 0 Å². The molecular formula is C12H26N2O. The number of rotatable bonds is 8. The maximum atomic E-state index is 5.25. The summed E-state index contributed by atoms with van der Waals surface area (Å²) in [4.78, 5) is 2.50. The number of ether oxygens (including phenoxy) is 1. The monoisotopic (exact) mass is 214 g/mol. The molecule has 0 aromatic rings. The Morgan fingerprint density at radius 3 is 2.53 bits per heavy atom. The van der Waals surface area contributed by atoms with Crippen molar-refractivity contribution in [3.05, 3.63) is 0 Å². The van der Waals surface area contributed by atoms with Crippen LogP contribution in [0.25, 0.3) is 0 Å². The third-order valence-corrected chi connectivity index (χ3v) is 3.28. The average molecular weight is 214 g/mol. The quantitative estimate of drug-likeness (QED) is 0.662. The summed E-state index contributed by atoms with van der Waals surface area (Å²) in [6.45, 7) is 9.17. The van der Waals surface area contributed by atoms with E-state index in [1.807, 2.05) is 0 Å². The van der Waals surface area contributed by atoms with Gasteiger partial charge in [0.25, 0.3) is 0 Å². The summed E-state index contributed by atoms with van der Waals surface area (Å²) in [6.07, 6.45) is 4.15. The lowest BCUT2D eigenvalue weighted by atomic mass is 9.89. The van der Waals surface area contributed by atoms with Crippen LogP contribution in [0.1, 0.15) is 33.1 Å². The maximum absolute atomic E-state index is 5.25. The van der Waals surface area contributed by atoms with E-state index in [9.17, 15) is 0 Å². The highest BCUT2D eigenvalue weighted by molar-refractivity contribution is 4.85. The topological polar surface area (TPSA) is 24.5 Å². The molecule has 1 aliphatic rings. The van der Waals surface area contributed by atoms with E-state index in [0.29, 0.717) is 12.1 Å². The van der Waals surface area contributed by atoms with Crippen molar-refractivity contribution >= 4 is 0 Å². The molecule has 0 radical (unpaired) electrons. The number of nitrogens with one attached hydrogen (secondary N) is 1. The van der Waals surface area contributed by atoms with Gasteiger partial charge < -0.3 is 15.0 Å². The number of methoxy groups -OCH3 is 1. The Morgan fingerprint density at radius 2 is 2.00 bits per heavy atom. The van der Waals surface area contributed by atoms with E-state index in [1.54, 1.807) is 7.11 Å². The third kappa shape index (κ3) is 4.49. The van der Waals surface area contributed by atoms with Crippen LogP contribution in [0, 0.1) is 0 Å². The Bertz CT molecular complexity index is 158. The normalized spacial score (nSPS) is 25.6. The van der Waals surface area contributed by atoms with Gasteiger partial charge in [-0.3, -0.25) is 0 Å². The number of hydrogen-bond donors (Lipinski definition) is 1. The number of hydrogen-bond acceptors (Lipinski definition) is 3. The van der Waals surface area contributed by atoms with Crippen LogP contribution in [0.3, 0.4) is 0 Å². The predicted molar refractivity (Wildman–Crippen MR) is 64.2 cm³/mol. The Balaban J connectivity index is 1.96. The first-order chi connectivity index (χ1) is 7.30. The Morgan fingerprint density at radius 1 is 1.27 bits per heavy atom. The molecule has 1 N–H and O–H groups in total. The summed E-state index contributed by atoms with van der Waals surface area (Å²) in [6, 6.07) is 0.704. The number of likely N-dealkylation sites (N-methyl/N-ethyl adjacent to an activating group) is 1. The van der Waals surface area contributed by atoms with Crippen LogP contribution in [0.2, 0.25) is 0 Å². The summed E-state index contributed by atoms with van der Waals surface area (Å²) in [5.74, 6) is 0. The van der Waals surface area contributed by atoms with Gasteiger partial charge >= 0.3 is 0 Å². The minimum atomic E-state index is 0.514. The lowest BCUT2D eigenvalue weighted by molar-refractivity contribution is 0.0170. The molecule has 1 aliphatic carbocycles. The van der Waals surface area contributed by atoms with E-state index in [1.165, 1.54) is 38.9 Å². The minimum Gasteiger partial charge on any atom is -0.381 e. The molecular weight excluding hydrogens is 188 g/mol. The molecule has 0 aromatic heterocycles. The second-order valence-electron chi connectivity index (χ2n) is 4.41. The Hall–Kier alpha value is -0.120. The van der Waals surface area contributed by atoms with Crippen molar-refractivity contribution < 1.29 is 4.74 Å². The zero-order chi connectivity index (χ0) is 11.1. The van der Waals surface area contributed by atoms with Gasteiger partial charge in [-0.15, -0.1) is 0 Å². The molecule has 1 saturated carbocycles. The van der Waals surface area contributed by atoms with Crippen molar-refractivity contribution in [1.82, 2.24) is 10.2 Å². The predicted octanol–water partition coefficient (Wildman–Crippen LogP) is 1.49. The van der Waals surface area contributed by atoms with Crippen LogP contribution in [0.5, 0.6) is 0 Å². The first-order valence-corrected chi connectivity index (χ1v) is 6.28. The SMILES string of the molecule is CCCN(CC)CCNC1CC(OC)C1. The molecule has 1 rings (SSSR count). The smallest absolute Gasteiger partial charge is 0.0601 e. The van der Waals surface area contributed by atoms with E-state index < -0.39 is 0 Å². The molecule has 0 aliphatic heterocycles. The van der Waals surface area contributed by atoms with Crippen molar-refractivity contribution in [1.29, 1.82) is 0 Å². The van der Waals surface area contributed by atoms with Crippen LogP contribution in [0.4, 0.5) is 0 Å². The van der Waals surface area contributed by atoms with Crippen LogP contribution in [-0.2, 0) is 4.74 Å². The van der Waals surface area contributed by atoms with Crippen LogP contribution in [0.15, 0.2) is 0 Å². The average Bonchev–Trinajstić information content (AvgIpc) is 2.19. The molecule has 0 amide bonds. The van der Waals surface area contributed by atoms with E-state index in [-0.39, 0.29) is 0 Å². The van der Waals surface area contributed by atoms with Gasteiger partial charge in [-0.2, -0.15) is 0 Å². The van der Waals surface area contributed by atoms with E-state index in [4.69, 9.17) is 4.74 Å². The lowest BCUT2D eigenvalue weighted by Gasteiger charge is -2.35. The van der Waals surface area contributed by atoms with Gasteiger partial charge in [-0.1, -0.05) is 13.8 Å². The fourth-order valence-electron chi connectivity index (χ4n) is 2.10. The second kappa shape index (κ2) is 7.20. The van der Waals surface area contributed by atoms with Gasteiger partial charge in [-0.05, 0) is 32.4 Å². The highest BCUT2D eigenvalue weighted by Crippen LogP contribution is 2.21. The maximum Gasteiger partial charge on any atom is 0.0601 e. The molecule has 0 saturated heterocycles. The van der Waals surface area contributed by atoms with Gasteiger partial charge in [0.2, 0.25) is 0 Å². The fraction of sp³-hybridized carbons (Fsp3) is 1.00. The Labute approximate surface area is 94.2 Å². The van der Waals surface area contributed by atoms with E-state index in [2.05, 4.69) is 24.1 Å². The molecule has 3 nitrogen and oxygen atoms in total. The van der Waals surface area contributed by atoms with Crippen molar-refractivity contribution in [2.24, 2.45) is 0 Å². The molecule has 0 bridgehead atoms. The zero-order valence-electron chi connectivity index (χ0n) is 10.5. The minimum absolute atomic E-state index is 0.514. The zero-order valence-corrected chi connectivity index (χ0v) is 10.5. The molecule has 1 fully saturated rings. The Kier molecular flexibility index (Phi) is 6.22. The van der Waals surface area contributed by atoms with E-state index in [0.717, 1.165) is 6.54 Å². The molecule has 0 heterocycles. The summed E-state index contributed by atoms with van der Waals surface area (Å²) in [5, 5.41) is 3.58. The van der Waals surface area contributed by atoms with Gasteiger partial charge in [0.05, 0.1) is 6.10 Å². The van der Waals surface area contributed by atoms with Crippen molar-refractivity contribution in [2.45, 2.75) is 45.3 Å². The summed E-state index contributed by atoms with van der Waals surface area (Å²) in [5.41, 5.74) is 0. The summed E-state index contributed by atoms with van der Waals surface area (Å²) >= 11 is 0. The first kappa shape index (κ1) is 12.9. The highest BCUT2D eigenvalue weighted by Gasteiger charge is 2.28. The lowest BCUT2D eigenvalue weighted by Crippen LogP contribution is -2.47. The van der Waals surface area contributed by atoms with Crippen LogP contribution in [-0.4, -0.2) is 50.3 Å². The molecule has 0 atom stereocenters. The second-order valence-corrected chi connectivity index (χ2v) is 4.41. The molecule has 0 unspecified atom stereocenters. The standard InChI is InChI=1S/C12H26N2O/c1-4-7-14(5-2)8-6-13-11-9-12(10-11)15-3/h11-13H,4-10H2,1-3H3. The molecule has 0 aromatic carbocycles. The first-order valence-electron chi connectivity index (χ1n) is 6.28. The molecule has 90 valence electrons. The number of nitrogens with zero attached hydrogens (tertiary/aromatic N) is 1. The van der Waals surface area contributed by atoms with Crippen molar-refractivity contribution in [3.8, 4) is 0 Å². The van der Waals surface area contributed by atoms with Crippen molar-refractivity contribution in [2.75, 3.05) is 33.3 Å². The van der Waals surface area contributed by atoms with Gasteiger partial charge in [0.1, 0.15) is 0 Å². The fourth-order valence-corrected chi connectivity index (χ4v) is 2.10. The van der Waals surface area contributed by atoms with Crippen LogP contribution < -0.4 is 5.32 Å². The largest absolute Gasteiger partial charge is 0.381 e. The summed E-state index contributed by atoms with van der Waals surface area (Å²) < 4.78 is 5.25. The highest BCUT2D eigenvalue weighted by atomic mass is 16.5. The summed E-state index contributed by atoms with van der Waals surface area (Å²) in [7, 11) is 1.81. The third-order valence-electron chi connectivity index (χ3n) is 3.28. The van der Waals surface area contributed by atoms with Gasteiger partial charge in [0.15, 0.2) is 0 Å². The van der Waals surface area contributed by atoms with Gasteiger partial charge in [-0.25, -0.2) is 0 Å². The van der Waals surface area contributed by atoms with Crippen LogP contribution >= 0.6 is 0 Å².